The van der Waals surface area contributed by atoms with Gasteiger partial charge in [0, 0.05) is 0 Å². The van der Waals surface area contributed by atoms with Gasteiger partial charge < -0.3 is 0 Å². The Kier molecular flexibility index (Phi) is 3.92. The van der Waals surface area contributed by atoms with Gasteiger partial charge in [-0.15, -0.1) is 0 Å². The molecule has 0 saturated carbocycles. The second-order valence-corrected chi connectivity index (χ2v) is 8.83. The molecule has 0 N–H and O–H groups in total. The van der Waals surface area contributed by atoms with Gasteiger partial charge in [-0.1, -0.05) is 103 Å². The Balaban J connectivity index is 1.81. The van der Waals surface area contributed by atoms with E-state index in [-0.39, 0.29) is 0 Å². The summed E-state index contributed by atoms with van der Waals surface area (Å²) in [6.07, 6.45) is 7.87. The van der Waals surface area contributed by atoms with Crippen LogP contribution in [0.5, 0.6) is 0 Å². The lowest BCUT2D eigenvalue weighted by Crippen LogP contribution is -2.14. The van der Waals surface area contributed by atoms with Crippen LogP contribution in [-0.4, -0.2) is 0 Å². The Hall–Kier alpha value is -2.69. The zero-order chi connectivity index (χ0) is 17.3. The van der Waals surface area contributed by atoms with Gasteiger partial charge in [-0.3, -0.25) is 0 Å². The van der Waals surface area contributed by atoms with E-state index in [4.69, 9.17) is 0 Å². The van der Waals surface area contributed by atoms with E-state index in [1.807, 2.05) is 0 Å². The van der Waals surface area contributed by atoms with Crippen molar-refractivity contribution in [2.75, 3.05) is 0 Å². The first kappa shape index (κ1) is 15.6. The largest absolute Gasteiger partial charge is 0.0801 e. The Morgan fingerprint density at radius 1 is 0.577 bits per heavy atom. The second kappa shape index (κ2) is 6.56. The number of allylic oxidation sites excluding steroid dienone is 4. The van der Waals surface area contributed by atoms with Crippen LogP contribution in [0.2, 0.25) is 0 Å². The summed E-state index contributed by atoms with van der Waals surface area (Å²) in [5.41, 5.74) is 0. The van der Waals surface area contributed by atoms with Crippen molar-refractivity contribution in [2.24, 2.45) is 0 Å². The Labute approximate surface area is 155 Å². The van der Waals surface area contributed by atoms with Gasteiger partial charge in [0.15, 0.2) is 0 Å². The van der Waals surface area contributed by atoms with Crippen LogP contribution in [0.1, 0.15) is 6.42 Å². The third-order valence-corrected chi connectivity index (χ3v) is 7.70. The minimum absolute atomic E-state index is 0.553. The summed E-state index contributed by atoms with van der Waals surface area (Å²) in [6, 6.07) is 31.1. The molecule has 0 heterocycles. The molecule has 0 bridgehead atoms. The smallest absolute Gasteiger partial charge is 0.00752 e. The molecule has 0 aliphatic heterocycles. The molecule has 4 aromatic rings. The molecule has 0 unspecified atom stereocenters. The number of benzene rings is 4. The predicted octanol–water partition coefficient (Wildman–Crippen LogP) is 6.27. The van der Waals surface area contributed by atoms with Crippen LogP contribution < -0.4 is 10.6 Å². The monoisotopic (exact) mass is 350 g/mol. The van der Waals surface area contributed by atoms with Crippen molar-refractivity contribution in [3.05, 3.63) is 108 Å². The number of rotatable bonds is 3. The van der Waals surface area contributed by atoms with Crippen LogP contribution in [0.4, 0.5) is 0 Å². The SMILES string of the molecule is C1=CCC(P(c2cccc3ccccc23)c2cccc3ccccc23)=C1. The van der Waals surface area contributed by atoms with Crippen molar-refractivity contribution in [3.63, 3.8) is 0 Å². The summed E-state index contributed by atoms with van der Waals surface area (Å²) in [4.78, 5) is 0. The molecule has 124 valence electrons. The van der Waals surface area contributed by atoms with Gasteiger partial charge >= 0.3 is 0 Å². The molecule has 0 atom stereocenters. The standard InChI is InChI=1S/C25H19P/c1-5-15-22-19(9-1)11-7-17-24(22)26(21-13-3-4-14-21)25-18-8-12-20-10-2-6-16-23(20)25/h1-13,15-18H,14H2. The highest BCUT2D eigenvalue weighted by atomic mass is 31.1. The maximum Gasteiger partial charge on any atom is -0.00752 e. The Morgan fingerprint density at radius 3 is 1.65 bits per heavy atom. The van der Waals surface area contributed by atoms with E-state index in [0.29, 0.717) is 0 Å². The van der Waals surface area contributed by atoms with Crippen LogP contribution >= 0.6 is 7.92 Å². The summed E-state index contributed by atoms with van der Waals surface area (Å²) < 4.78 is 0. The van der Waals surface area contributed by atoms with Gasteiger partial charge in [0.2, 0.25) is 0 Å². The lowest BCUT2D eigenvalue weighted by atomic mass is 10.1. The highest BCUT2D eigenvalue weighted by Gasteiger charge is 2.22. The molecule has 26 heavy (non-hydrogen) atoms. The van der Waals surface area contributed by atoms with Crippen LogP contribution in [0, 0.1) is 0 Å². The number of hydrogen-bond donors (Lipinski definition) is 0. The number of hydrogen-bond acceptors (Lipinski definition) is 0. The van der Waals surface area contributed by atoms with Gasteiger partial charge in [-0.2, -0.15) is 0 Å². The Bertz CT molecular complexity index is 1080. The van der Waals surface area contributed by atoms with Crippen molar-refractivity contribution >= 4 is 40.1 Å². The molecule has 5 rings (SSSR count). The van der Waals surface area contributed by atoms with E-state index in [1.54, 1.807) is 0 Å². The van der Waals surface area contributed by atoms with Crippen LogP contribution in [-0.2, 0) is 0 Å². The molecule has 1 heteroatoms. The quantitative estimate of drug-likeness (QED) is 0.382. The van der Waals surface area contributed by atoms with Gasteiger partial charge in [0.1, 0.15) is 0 Å². The molecular weight excluding hydrogens is 331 g/mol. The molecule has 0 fully saturated rings. The zero-order valence-corrected chi connectivity index (χ0v) is 15.4. The first-order valence-corrected chi connectivity index (χ1v) is 10.4. The Morgan fingerprint density at radius 2 is 1.12 bits per heavy atom. The summed E-state index contributed by atoms with van der Waals surface area (Å²) >= 11 is 0. The van der Waals surface area contributed by atoms with Crippen molar-refractivity contribution < 1.29 is 0 Å². The average molecular weight is 350 g/mol. The van der Waals surface area contributed by atoms with E-state index in [1.165, 1.54) is 37.5 Å². The maximum atomic E-state index is 2.33. The van der Waals surface area contributed by atoms with Crippen molar-refractivity contribution in [1.82, 2.24) is 0 Å². The molecule has 1 aliphatic carbocycles. The fourth-order valence-electron chi connectivity index (χ4n) is 3.85. The minimum atomic E-state index is -0.553. The molecule has 0 spiro atoms. The van der Waals surface area contributed by atoms with Crippen LogP contribution in [0.15, 0.2) is 108 Å². The topological polar surface area (TPSA) is 0 Å². The lowest BCUT2D eigenvalue weighted by Gasteiger charge is -2.23. The van der Waals surface area contributed by atoms with E-state index in [9.17, 15) is 0 Å². The lowest BCUT2D eigenvalue weighted by molar-refractivity contribution is 1.41. The zero-order valence-electron chi connectivity index (χ0n) is 14.5. The third-order valence-electron chi connectivity index (χ3n) is 5.05. The first-order valence-electron chi connectivity index (χ1n) is 9.03. The van der Waals surface area contributed by atoms with E-state index in [2.05, 4.69) is 103 Å². The van der Waals surface area contributed by atoms with Crippen molar-refractivity contribution in [3.8, 4) is 0 Å². The van der Waals surface area contributed by atoms with Gasteiger partial charge in [-0.05, 0) is 51.8 Å². The molecule has 0 aromatic heterocycles. The molecular formula is C25H19P. The fraction of sp³-hybridized carbons (Fsp3) is 0.0400. The second-order valence-electron chi connectivity index (χ2n) is 6.62. The normalized spacial score (nSPS) is 13.7. The number of fused-ring (bicyclic) bond motifs is 2. The van der Waals surface area contributed by atoms with Gasteiger partial charge in [-0.25, -0.2) is 0 Å². The summed E-state index contributed by atoms with van der Waals surface area (Å²) in [5, 5.41) is 9.86. The van der Waals surface area contributed by atoms with Crippen molar-refractivity contribution in [2.45, 2.75) is 6.42 Å². The molecule has 0 radical (unpaired) electrons. The molecule has 4 aromatic carbocycles. The molecule has 0 nitrogen and oxygen atoms in total. The summed E-state index contributed by atoms with van der Waals surface area (Å²) in [5.74, 6) is 0. The molecule has 0 saturated heterocycles. The fourth-order valence-corrected chi connectivity index (χ4v) is 6.61. The summed E-state index contributed by atoms with van der Waals surface area (Å²) in [6.45, 7) is 0. The maximum absolute atomic E-state index is 2.33. The van der Waals surface area contributed by atoms with Gasteiger partial charge in [0.05, 0.1) is 0 Å². The van der Waals surface area contributed by atoms with Crippen LogP contribution in [0.25, 0.3) is 21.5 Å². The molecule has 1 aliphatic rings. The summed E-state index contributed by atoms with van der Waals surface area (Å²) in [7, 11) is -0.553. The average Bonchev–Trinajstić information content (AvgIpc) is 3.23. The first-order chi connectivity index (χ1) is 12.9. The predicted molar refractivity (Wildman–Crippen MR) is 116 cm³/mol. The third kappa shape index (κ3) is 2.59. The minimum Gasteiger partial charge on any atom is -0.0801 e. The molecule has 0 amide bonds. The highest BCUT2D eigenvalue weighted by Crippen LogP contribution is 2.49. The van der Waals surface area contributed by atoms with E-state index >= 15 is 0 Å². The van der Waals surface area contributed by atoms with Crippen LogP contribution in [0.3, 0.4) is 0 Å². The van der Waals surface area contributed by atoms with E-state index in [0.717, 1.165) is 6.42 Å². The highest BCUT2D eigenvalue weighted by molar-refractivity contribution is 7.77. The van der Waals surface area contributed by atoms with Crippen molar-refractivity contribution in [1.29, 1.82) is 0 Å². The van der Waals surface area contributed by atoms with Gasteiger partial charge in [0.25, 0.3) is 0 Å². The van der Waals surface area contributed by atoms with E-state index < -0.39 is 7.92 Å².